The summed E-state index contributed by atoms with van der Waals surface area (Å²) < 4.78 is 11.5. The third kappa shape index (κ3) is 5.78. The van der Waals surface area contributed by atoms with Gasteiger partial charge in [0.25, 0.3) is 0 Å². The molecule has 3 saturated carbocycles. The Balaban J connectivity index is 1.17. The molecular weight excluding hydrogens is 470 g/mol. The molecule has 1 aliphatic heterocycles. The molecule has 5 aliphatic rings. The highest BCUT2D eigenvalue weighted by Gasteiger charge is 2.59. The van der Waals surface area contributed by atoms with Gasteiger partial charge in [-0.2, -0.15) is 0 Å². The number of morpholine rings is 1. The second-order valence-electron chi connectivity index (χ2n) is 14.8. The van der Waals surface area contributed by atoms with Gasteiger partial charge in [0, 0.05) is 26.1 Å². The van der Waals surface area contributed by atoms with Crippen LogP contribution in [0.5, 0.6) is 0 Å². The van der Waals surface area contributed by atoms with Gasteiger partial charge in [0.15, 0.2) is 0 Å². The summed E-state index contributed by atoms with van der Waals surface area (Å²) in [5.74, 6) is 5.22. The minimum absolute atomic E-state index is 0.00711. The molecule has 8 atom stereocenters. The zero-order chi connectivity index (χ0) is 26.9. The Morgan fingerprint density at radius 2 is 1.84 bits per heavy atom. The van der Waals surface area contributed by atoms with Crippen molar-refractivity contribution >= 4 is 5.97 Å². The van der Waals surface area contributed by atoms with Crippen LogP contribution >= 0.6 is 0 Å². The van der Waals surface area contributed by atoms with E-state index >= 15 is 0 Å². The molecule has 0 unspecified atom stereocenters. The monoisotopic (exact) mass is 527 g/mol. The lowest BCUT2D eigenvalue weighted by Crippen LogP contribution is -2.51. The number of esters is 1. The van der Waals surface area contributed by atoms with Crippen molar-refractivity contribution in [1.82, 2.24) is 4.90 Å². The van der Waals surface area contributed by atoms with Crippen LogP contribution in [0.15, 0.2) is 11.6 Å². The molecule has 38 heavy (non-hydrogen) atoms. The first-order chi connectivity index (χ1) is 18.2. The topological polar surface area (TPSA) is 38.8 Å². The van der Waals surface area contributed by atoms with Crippen LogP contribution in [-0.2, 0) is 14.3 Å². The number of allylic oxidation sites excluding steroid dienone is 1. The van der Waals surface area contributed by atoms with Crippen molar-refractivity contribution in [2.45, 2.75) is 118 Å². The van der Waals surface area contributed by atoms with Crippen LogP contribution in [0.2, 0.25) is 0 Å². The molecule has 0 aromatic carbocycles. The fourth-order valence-corrected chi connectivity index (χ4v) is 10.1. The highest BCUT2D eigenvalue weighted by Crippen LogP contribution is 2.67. The number of ether oxygens (including phenoxy) is 2. The van der Waals surface area contributed by atoms with E-state index in [1.165, 1.54) is 57.8 Å². The first kappa shape index (κ1) is 28.7. The average Bonchev–Trinajstić information content (AvgIpc) is 3.25. The molecule has 4 nitrogen and oxygen atoms in total. The smallest absolute Gasteiger partial charge is 0.307 e. The highest BCUT2D eigenvalue weighted by atomic mass is 16.5. The van der Waals surface area contributed by atoms with Gasteiger partial charge in [0.1, 0.15) is 6.10 Å². The quantitative estimate of drug-likeness (QED) is 0.228. The molecule has 4 fully saturated rings. The van der Waals surface area contributed by atoms with Gasteiger partial charge in [-0.25, -0.2) is 0 Å². The molecule has 5 rings (SSSR count). The van der Waals surface area contributed by atoms with Crippen LogP contribution in [-0.4, -0.2) is 49.8 Å². The third-order valence-corrected chi connectivity index (χ3v) is 12.3. The summed E-state index contributed by atoms with van der Waals surface area (Å²) >= 11 is 0. The van der Waals surface area contributed by atoms with Crippen molar-refractivity contribution in [1.29, 1.82) is 0 Å². The number of fused-ring (bicyclic) bond motifs is 5. The molecule has 0 radical (unpaired) electrons. The Bertz CT molecular complexity index is 847. The molecule has 0 spiro atoms. The zero-order valence-electron chi connectivity index (χ0n) is 25.3. The molecule has 1 saturated heterocycles. The predicted octanol–water partition coefficient (Wildman–Crippen LogP) is 7.66. The van der Waals surface area contributed by atoms with Gasteiger partial charge in [0.2, 0.25) is 0 Å². The van der Waals surface area contributed by atoms with Gasteiger partial charge in [-0.1, -0.05) is 65.5 Å². The van der Waals surface area contributed by atoms with E-state index in [1.54, 1.807) is 5.57 Å². The SMILES string of the molecule is CC(C)CCC[C@@H](C)[C@@H]1CC[C@@H]2[C@H]3CC=C4C[C@@H](OC(=O)CCN5CCOCC5)CC[C@]4(C)[C@@H]3CC[C@@]21C. The lowest BCUT2D eigenvalue weighted by molar-refractivity contribution is -0.152. The number of hydrogen-bond donors (Lipinski definition) is 0. The number of carbonyl (C=O) groups is 1. The molecule has 0 aromatic heterocycles. The average molecular weight is 528 g/mol. The van der Waals surface area contributed by atoms with E-state index in [1.807, 2.05) is 0 Å². The highest BCUT2D eigenvalue weighted by molar-refractivity contribution is 5.69. The summed E-state index contributed by atoms with van der Waals surface area (Å²) in [5, 5.41) is 0. The van der Waals surface area contributed by atoms with Gasteiger partial charge in [-0.05, 0) is 91.3 Å². The molecular formula is C34H57NO3. The van der Waals surface area contributed by atoms with E-state index < -0.39 is 0 Å². The maximum atomic E-state index is 12.7. The van der Waals surface area contributed by atoms with Crippen LogP contribution in [0.1, 0.15) is 112 Å². The van der Waals surface area contributed by atoms with Gasteiger partial charge in [-0.15, -0.1) is 0 Å². The van der Waals surface area contributed by atoms with E-state index in [-0.39, 0.29) is 12.1 Å². The molecule has 216 valence electrons. The van der Waals surface area contributed by atoms with Gasteiger partial charge < -0.3 is 9.47 Å². The van der Waals surface area contributed by atoms with Crippen molar-refractivity contribution in [3.05, 3.63) is 11.6 Å². The summed E-state index contributed by atoms with van der Waals surface area (Å²) in [6.07, 6.45) is 17.7. The summed E-state index contributed by atoms with van der Waals surface area (Å²) in [6.45, 7) is 16.8. The lowest BCUT2D eigenvalue weighted by atomic mass is 9.47. The molecule has 1 heterocycles. The van der Waals surface area contributed by atoms with E-state index in [9.17, 15) is 4.79 Å². The van der Waals surface area contributed by atoms with Crippen LogP contribution in [0.25, 0.3) is 0 Å². The van der Waals surface area contributed by atoms with E-state index in [2.05, 4.69) is 45.6 Å². The Morgan fingerprint density at radius 1 is 1.05 bits per heavy atom. The normalized spacial score (nSPS) is 40.2. The number of nitrogens with zero attached hydrogens (tertiary/aromatic N) is 1. The molecule has 4 heteroatoms. The Hall–Kier alpha value is -0.870. The van der Waals surface area contributed by atoms with E-state index in [0.29, 0.717) is 17.3 Å². The van der Waals surface area contributed by atoms with Crippen molar-refractivity contribution in [2.75, 3.05) is 32.8 Å². The van der Waals surface area contributed by atoms with Crippen molar-refractivity contribution in [3.8, 4) is 0 Å². The second-order valence-corrected chi connectivity index (χ2v) is 14.8. The Kier molecular flexibility index (Phi) is 9.00. The maximum Gasteiger partial charge on any atom is 0.307 e. The first-order valence-electron chi connectivity index (χ1n) is 16.4. The van der Waals surface area contributed by atoms with Crippen LogP contribution in [0.3, 0.4) is 0 Å². The first-order valence-corrected chi connectivity index (χ1v) is 16.4. The minimum Gasteiger partial charge on any atom is -0.462 e. The lowest BCUT2D eigenvalue weighted by Gasteiger charge is -2.58. The standard InChI is InChI=1S/C34H57NO3/c1-24(2)7-6-8-25(3)29-11-12-30-28-10-9-26-23-27(38-32(36)15-18-35-19-21-37-22-20-35)13-16-33(26,4)31(28)14-17-34(29,30)5/h9,24-25,27-31H,6-8,10-23H2,1-5H3/t25-,27+,28-,29+,30-,31-,33+,34-/m1/s1. The summed E-state index contributed by atoms with van der Waals surface area (Å²) in [4.78, 5) is 15.0. The van der Waals surface area contributed by atoms with E-state index in [0.717, 1.165) is 81.2 Å². The van der Waals surface area contributed by atoms with Gasteiger partial charge >= 0.3 is 5.97 Å². The van der Waals surface area contributed by atoms with Crippen molar-refractivity contribution < 1.29 is 14.3 Å². The van der Waals surface area contributed by atoms with Gasteiger partial charge in [-0.3, -0.25) is 9.69 Å². The van der Waals surface area contributed by atoms with Crippen LogP contribution < -0.4 is 0 Å². The molecule has 0 N–H and O–H groups in total. The van der Waals surface area contributed by atoms with Crippen LogP contribution in [0, 0.1) is 46.3 Å². The zero-order valence-corrected chi connectivity index (χ0v) is 25.3. The third-order valence-electron chi connectivity index (χ3n) is 12.3. The second kappa shape index (κ2) is 11.9. The number of hydrogen-bond acceptors (Lipinski definition) is 4. The molecule has 0 aromatic rings. The fourth-order valence-electron chi connectivity index (χ4n) is 10.1. The van der Waals surface area contributed by atoms with Crippen molar-refractivity contribution in [2.24, 2.45) is 46.3 Å². The number of rotatable bonds is 9. The maximum absolute atomic E-state index is 12.7. The minimum atomic E-state index is -0.00711. The molecule has 0 amide bonds. The summed E-state index contributed by atoms with van der Waals surface area (Å²) in [7, 11) is 0. The van der Waals surface area contributed by atoms with Crippen LogP contribution in [0.4, 0.5) is 0 Å². The Morgan fingerprint density at radius 3 is 2.61 bits per heavy atom. The molecule has 0 bridgehead atoms. The Labute approximate surface area is 233 Å². The van der Waals surface area contributed by atoms with Gasteiger partial charge in [0.05, 0.1) is 19.6 Å². The molecule has 4 aliphatic carbocycles. The van der Waals surface area contributed by atoms with Crippen molar-refractivity contribution in [3.63, 3.8) is 0 Å². The largest absolute Gasteiger partial charge is 0.462 e. The number of carbonyl (C=O) groups excluding carboxylic acids is 1. The summed E-state index contributed by atoms with van der Waals surface area (Å²) in [6, 6.07) is 0. The predicted molar refractivity (Wildman–Crippen MR) is 155 cm³/mol. The summed E-state index contributed by atoms with van der Waals surface area (Å²) in [5.41, 5.74) is 2.49. The van der Waals surface area contributed by atoms with E-state index in [4.69, 9.17) is 9.47 Å². The fraction of sp³-hybridized carbons (Fsp3) is 0.912.